The van der Waals surface area contributed by atoms with Crippen molar-refractivity contribution in [1.29, 1.82) is 0 Å². The predicted molar refractivity (Wildman–Crippen MR) is 307 cm³/mol. The van der Waals surface area contributed by atoms with Crippen LogP contribution in [0.25, 0.3) is 0 Å². The Morgan fingerprint density at radius 2 is 0.549 bits per heavy atom. The first kappa shape index (κ1) is 67.1. The smallest absolute Gasteiger partial charge is 0.306 e. The third-order valence-electron chi connectivity index (χ3n) is 12.3. The van der Waals surface area contributed by atoms with Crippen LogP contribution in [0.5, 0.6) is 0 Å². The highest BCUT2D eigenvalue weighted by Gasteiger charge is 2.19. The summed E-state index contributed by atoms with van der Waals surface area (Å²) in [5, 5.41) is 0. The summed E-state index contributed by atoms with van der Waals surface area (Å²) in [4.78, 5) is 38.1. The molecule has 0 aromatic rings. The topological polar surface area (TPSA) is 78.9 Å². The van der Waals surface area contributed by atoms with E-state index >= 15 is 0 Å². The van der Waals surface area contributed by atoms with Crippen molar-refractivity contribution in [2.45, 2.75) is 271 Å². The van der Waals surface area contributed by atoms with Crippen molar-refractivity contribution in [3.8, 4) is 0 Å². The van der Waals surface area contributed by atoms with Crippen molar-refractivity contribution in [2.24, 2.45) is 0 Å². The molecule has 6 nitrogen and oxygen atoms in total. The lowest BCUT2D eigenvalue weighted by Crippen LogP contribution is -2.30. The van der Waals surface area contributed by atoms with Crippen LogP contribution < -0.4 is 0 Å². The minimum Gasteiger partial charge on any atom is -0.462 e. The molecule has 71 heavy (non-hydrogen) atoms. The molecule has 0 aliphatic carbocycles. The Balaban J connectivity index is 4.40. The van der Waals surface area contributed by atoms with Gasteiger partial charge in [-0.25, -0.2) is 0 Å². The molecule has 0 fully saturated rings. The molecule has 0 amide bonds. The van der Waals surface area contributed by atoms with E-state index in [2.05, 4.69) is 130 Å². The lowest BCUT2D eigenvalue weighted by atomic mass is 10.0. The zero-order valence-corrected chi connectivity index (χ0v) is 46.2. The summed E-state index contributed by atoms with van der Waals surface area (Å²) in [6, 6.07) is 0. The fraction of sp³-hybridized carbons (Fsp3) is 0.677. The molecule has 0 saturated carbocycles. The number of carbonyl (C=O) groups is 3. The molecule has 404 valence electrons. The minimum absolute atomic E-state index is 0.0942. The normalized spacial score (nSPS) is 12.9. The molecule has 0 aliphatic heterocycles. The lowest BCUT2D eigenvalue weighted by molar-refractivity contribution is -0.167. The SMILES string of the molecule is CC/C=C\C/C=C\C/C=C\C/C=C\C/C=C\C/C=C\C/C=C\C/C=C\CCCCC(=O)OCC(COC(=O)CCCCCCCCCCCCCC)OC(=O)CCCCCCC/C=C\CCCCCCC. The summed E-state index contributed by atoms with van der Waals surface area (Å²) in [7, 11) is 0. The van der Waals surface area contributed by atoms with Gasteiger partial charge in [-0.3, -0.25) is 14.4 Å². The van der Waals surface area contributed by atoms with E-state index in [1.54, 1.807) is 0 Å². The Bertz CT molecular complexity index is 1460. The van der Waals surface area contributed by atoms with Crippen LogP contribution in [0.2, 0.25) is 0 Å². The van der Waals surface area contributed by atoms with Crippen LogP contribution in [0, 0.1) is 0 Å². The molecule has 0 saturated heterocycles. The average molecular weight is 986 g/mol. The molecule has 0 spiro atoms. The molecule has 0 radical (unpaired) electrons. The van der Waals surface area contributed by atoms with E-state index in [9.17, 15) is 14.4 Å². The van der Waals surface area contributed by atoms with Crippen LogP contribution >= 0.6 is 0 Å². The molecule has 0 heterocycles. The fourth-order valence-electron chi connectivity index (χ4n) is 7.86. The maximum absolute atomic E-state index is 12.8. The number of hydrogen-bond donors (Lipinski definition) is 0. The second-order valence-corrected chi connectivity index (χ2v) is 19.2. The average Bonchev–Trinajstić information content (AvgIpc) is 3.37. The van der Waals surface area contributed by atoms with Gasteiger partial charge in [-0.1, -0.05) is 246 Å². The quantitative estimate of drug-likeness (QED) is 0.0261. The van der Waals surface area contributed by atoms with E-state index in [-0.39, 0.29) is 31.1 Å². The summed E-state index contributed by atoms with van der Waals surface area (Å²) in [5.74, 6) is -0.947. The van der Waals surface area contributed by atoms with Crippen molar-refractivity contribution in [1.82, 2.24) is 0 Å². The number of allylic oxidation sites excluding steroid dienone is 18. The Hall–Kier alpha value is -3.93. The van der Waals surface area contributed by atoms with Gasteiger partial charge in [-0.15, -0.1) is 0 Å². The molecule has 0 aliphatic rings. The number of unbranched alkanes of at least 4 members (excludes halogenated alkanes) is 23. The van der Waals surface area contributed by atoms with Crippen LogP contribution in [0.1, 0.15) is 265 Å². The largest absolute Gasteiger partial charge is 0.462 e. The Kier molecular flexibility index (Phi) is 55.4. The van der Waals surface area contributed by atoms with Gasteiger partial charge in [-0.05, 0) is 109 Å². The first-order chi connectivity index (χ1) is 35.0. The Morgan fingerprint density at radius 3 is 0.901 bits per heavy atom. The van der Waals surface area contributed by atoms with Crippen molar-refractivity contribution in [3.05, 3.63) is 109 Å². The zero-order chi connectivity index (χ0) is 51.4. The number of carbonyl (C=O) groups excluding carboxylic acids is 3. The molecule has 1 unspecified atom stereocenters. The molecule has 6 heteroatoms. The van der Waals surface area contributed by atoms with E-state index < -0.39 is 6.10 Å². The molecule has 0 bridgehead atoms. The van der Waals surface area contributed by atoms with Gasteiger partial charge in [0, 0.05) is 19.3 Å². The molecule has 0 rings (SSSR count). The van der Waals surface area contributed by atoms with Gasteiger partial charge < -0.3 is 14.2 Å². The van der Waals surface area contributed by atoms with Gasteiger partial charge in [0.2, 0.25) is 0 Å². The molecular weight excluding hydrogens is 877 g/mol. The van der Waals surface area contributed by atoms with Crippen LogP contribution in [-0.4, -0.2) is 37.2 Å². The van der Waals surface area contributed by atoms with Crippen LogP contribution in [0.15, 0.2) is 109 Å². The van der Waals surface area contributed by atoms with Gasteiger partial charge >= 0.3 is 17.9 Å². The van der Waals surface area contributed by atoms with Gasteiger partial charge in [0.1, 0.15) is 13.2 Å². The second-order valence-electron chi connectivity index (χ2n) is 19.2. The Labute approximate surface area is 438 Å². The summed E-state index contributed by atoms with van der Waals surface area (Å²) in [5.41, 5.74) is 0. The molecule has 1 atom stereocenters. The molecule has 0 aromatic heterocycles. The highest BCUT2D eigenvalue weighted by atomic mass is 16.6. The summed E-state index contributed by atoms with van der Waals surface area (Å²) in [6.07, 6.45) is 79.4. The maximum atomic E-state index is 12.8. The fourth-order valence-corrected chi connectivity index (χ4v) is 7.86. The van der Waals surface area contributed by atoms with E-state index in [4.69, 9.17) is 14.2 Å². The van der Waals surface area contributed by atoms with Crippen molar-refractivity contribution in [2.75, 3.05) is 13.2 Å². The highest BCUT2D eigenvalue weighted by molar-refractivity contribution is 5.71. The zero-order valence-electron chi connectivity index (χ0n) is 46.2. The van der Waals surface area contributed by atoms with Crippen LogP contribution in [0.3, 0.4) is 0 Å². The van der Waals surface area contributed by atoms with Crippen molar-refractivity contribution < 1.29 is 28.6 Å². The van der Waals surface area contributed by atoms with Gasteiger partial charge in [0.05, 0.1) is 0 Å². The highest BCUT2D eigenvalue weighted by Crippen LogP contribution is 2.15. The van der Waals surface area contributed by atoms with Crippen molar-refractivity contribution in [3.63, 3.8) is 0 Å². The number of esters is 3. The summed E-state index contributed by atoms with van der Waals surface area (Å²) in [6.45, 7) is 6.47. The summed E-state index contributed by atoms with van der Waals surface area (Å²) < 4.78 is 16.8. The third-order valence-corrected chi connectivity index (χ3v) is 12.3. The van der Waals surface area contributed by atoms with Gasteiger partial charge in [0.25, 0.3) is 0 Å². The number of rotatable bonds is 52. The first-order valence-corrected chi connectivity index (χ1v) is 29.4. The molecule has 0 N–H and O–H groups in total. The maximum Gasteiger partial charge on any atom is 0.306 e. The predicted octanol–water partition coefficient (Wildman–Crippen LogP) is 19.9. The number of ether oxygens (including phenoxy) is 3. The standard InChI is InChI=1S/C65H108O6/c1-4-7-10-13-16-19-22-25-27-28-29-30-31-32-33-34-35-36-37-38-39-41-43-46-49-52-55-58-64(67)70-61-62(60-69-63(66)57-54-51-48-45-42-24-21-18-15-12-9-6-3)71-65(68)59-56-53-50-47-44-40-26-23-20-17-14-11-8-5-2/h7,10,16,19,23,25-27,29-30,32-33,35-36,38-39,43,46,62H,4-6,8-9,11-15,17-18,20-22,24,28,31,34,37,40-42,44-45,47-61H2,1-3H3/b10-7-,19-16-,26-23-,27-25-,30-29-,33-32-,36-35-,39-38-,46-43-. The van der Waals surface area contributed by atoms with Gasteiger partial charge in [0.15, 0.2) is 6.10 Å². The third kappa shape index (κ3) is 56.9. The molecule has 0 aromatic carbocycles. The van der Waals surface area contributed by atoms with Crippen LogP contribution in [0.4, 0.5) is 0 Å². The van der Waals surface area contributed by atoms with Gasteiger partial charge in [-0.2, -0.15) is 0 Å². The monoisotopic (exact) mass is 985 g/mol. The first-order valence-electron chi connectivity index (χ1n) is 29.4. The summed E-state index contributed by atoms with van der Waals surface area (Å²) >= 11 is 0. The second kappa shape index (κ2) is 58.6. The van der Waals surface area contributed by atoms with E-state index in [0.29, 0.717) is 19.3 Å². The lowest BCUT2D eigenvalue weighted by Gasteiger charge is -2.18. The van der Waals surface area contributed by atoms with E-state index in [1.165, 1.54) is 103 Å². The van der Waals surface area contributed by atoms with E-state index in [1.807, 2.05) is 0 Å². The van der Waals surface area contributed by atoms with Crippen molar-refractivity contribution >= 4 is 17.9 Å². The van der Waals surface area contributed by atoms with Crippen LogP contribution in [-0.2, 0) is 28.6 Å². The molecular formula is C65H108O6. The number of hydrogen-bond acceptors (Lipinski definition) is 6. The minimum atomic E-state index is -0.800. The van der Waals surface area contributed by atoms with E-state index in [0.717, 1.165) is 122 Å². The Morgan fingerprint density at radius 1 is 0.296 bits per heavy atom.